The summed E-state index contributed by atoms with van der Waals surface area (Å²) in [6, 6.07) is 8.22. The average Bonchev–Trinajstić information content (AvgIpc) is 2.68. The zero-order chi connectivity index (χ0) is 12.5. The molecule has 0 fully saturated rings. The molecule has 1 aromatic rings. The third-order valence-corrected chi connectivity index (χ3v) is 5.42. The summed E-state index contributed by atoms with van der Waals surface area (Å²) in [5.41, 5.74) is 7.41. The minimum absolute atomic E-state index is 0.0536. The van der Waals surface area contributed by atoms with Crippen molar-refractivity contribution in [3.63, 3.8) is 0 Å². The molecule has 0 spiro atoms. The second kappa shape index (κ2) is 5.00. The molecule has 17 heavy (non-hydrogen) atoms. The summed E-state index contributed by atoms with van der Waals surface area (Å²) in [6.45, 7) is 0. The molecule has 1 heterocycles. The van der Waals surface area contributed by atoms with E-state index in [4.69, 9.17) is 5.73 Å². The van der Waals surface area contributed by atoms with Crippen LogP contribution in [0.2, 0.25) is 0 Å². The molecule has 0 bridgehead atoms. The number of hydrogen-bond acceptors (Lipinski definition) is 4. The molecule has 0 saturated heterocycles. The first-order valence-corrected chi connectivity index (χ1v) is 8.57. The van der Waals surface area contributed by atoms with E-state index in [0.29, 0.717) is 11.7 Å². The SMILES string of the molecule is CS(=O)(=O)CCC(N)C1Cc2ccccc2S1. The van der Waals surface area contributed by atoms with Crippen molar-refractivity contribution in [1.29, 1.82) is 0 Å². The quantitative estimate of drug-likeness (QED) is 0.901. The Hall–Kier alpha value is -0.520. The molecule has 2 N–H and O–H groups in total. The molecule has 0 aromatic heterocycles. The van der Waals surface area contributed by atoms with E-state index in [-0.39, 0.29) is 11.8 Å². The van der Waals surface area contributed by atoms with E-state index in [1.165, 1.54) is 16.7 Å². The van der Waals surface area contributed by atoms with Gasteiger partial charge in [0.15, 0.2) is 0 Å². The van der Waals surface area contributed by atoms with Crippen LogP contribution in [0.4, 0.5) is 0 Å². The van der Waals surface area contributed by atoms with Crippen LogP contribution in [-0.4, -0.2) is 31.7 Å². The van der Waals surface area contributed by atoms with Gasteiger partial charge >= 0.3 is 0 Å². The number of fused-ring (bicyclic) bond motifs is 1. The predicted molar refractivity (Wildman–Crippen MR) is 72.1 cm³/mol. The maximum absolute atomic E-state index is 11.1. The number of sulfone groups is 1. The summed E-state index contributed by atoms with van der Waals surface area (Å²) >= 11 is 1.78. The van der Waals surface area contributed by atoms with Gasteiger partial charge in [0, 0.05) is 22.4 Å². The van der Waals surface area contributed by atoms with Gasteiger partial charge in [-0.1, -0.05) is 18.2 Å². The van der Waals surface area contributed by atoms with Crippen molar-refractivity contribution in [2.24, 2.45) is 5.73 Å². The molecule has 5 heteroatoms. The molecule has 0 radical (unpaired) electrons. The predicted octanol–water partition coefficient (Wildman–Crippen LogP) is 1.47. The van der Waals surface area contributed by atoms with Crippen LogP contribution in [0.3, 0.4) is 0 Å². The van der Waals surface area contributed by atoms with Crippen molar-refractivity contribution in [1.82, 2.24) is 0 Å². The molecule has 1 aromatic carbocycles. The zero-order valence-corrected chi connectivity index (χ0v) is 11.4. The largest absolute Gasteiger partial charge is 0.327 e. The highest BCUT2D eigenvalue weighted by atomic mass is 32.2. The minimum Gasteiger partial charge on any atom is -0.327 e. The van der Waals surface area contributed by atoms with Gasteiger partial charge in [0.05, 0.1) is 5.75 Å². The lowest BCUT2D eigenvalue weighted by atomic mass is 10.0. The van der Waals surface area contributed by atoms with Gasteiger partial charge in [-0.25, -0.2) is 8.42 Å². The van der Waals surface area contributed by atoms with Crippen LogP contribution in [0.25, 0.3) is 0 Å². The molecular formula is C12H17NO2S2. The van der Waals surface area contributed by atoms with Gasteiger partial charge in [0.25, 0.3) is 0 Å². The van der Waals surface area contributed by atoms with Crippen LogP contribution in [0.15, 0.2) is 29.2 Å². The minimum atomic E-state index is -2.91. The van der Waals surface area contributed by atoms with E-state index in [0.717, 1.165) is 6.42 Å². The van der Waals surface area contributed by atoms with Crippen LogP contribution in [-0.2, 0) is 16.3 Å². The highest BCUT2D eigenvalue weighted by Gasteiger charge is 2.27. The van der Waals surface area contributed by atoms with Crippen LogP contribution in [0.5, 0.6) is 0 Å². The number of nitrogens with two attached hydrogens (primary N) is 1. The monoisotopic (exact) mass is 271 g/mol. The first kappa shape index (κ1) is 12.9. The fourth-order valence-electron chi connectivity index (χ4n) is 1.98. The highest BCUT2D eigenvalue weighted by molar-refractivity contribution is 8.00. The van der Waals surface area contributed by atoms with Crippen molar-refractivity contribution >= 4 is 21.6 Å². The van der Waals surface area contributed by atoms with Crippen molar-refractivity contribution in [3.05, 3.63) is 29.8 Å². The lowest BCUT2D eigenvalue weighted by molar-refractivity contribution is 0.579. The molecule has 1 aliphatic heterocycles. The fraction of sp³-hybridized carbons (Fsp3) is 0.500. The number of thioether (sulfide) groups is 1. The summed E-state index contributed by atoms with van der Waals surface area (Å²) in [6.07, 6.45) is 2.76. The lowest BCUT2D eigenvalue weighted by Crippen LogP contribution is -2.34. The van der Waals surface area contributed by atoms with Gasteiger partial charge in [0.2, 0.25) is 0 Å². The van der Waals surface area contributed by atoms with Gasteiger partial charge in [-0.3, -0.25) is 0 Å². The third kappa shape index (κ3) is 3.47. The van der Waals surface area contributed by atoms with E-state index in [9.17, 15) is 8.42 Å². The van der Waals surface area contributed by atoms with Crippen LogP contribution in [0.1, 0.15) is 12.0 Å². The van der Waals surface area contributed by atoms with Crippen molar-refractivity contribution in [2.75, 3.05) is 12.0 Å². The van der Waals surface area contributed by atoms with Gasteiger partial charge in [-0.15, -0.1) is 11.8 Å². The Balaban J connectivity index is 1.94. The van der Waals surface area contributed by atoms with Crippen LogP contribution in [0, 0.1) is 0 Å². The highest BCUT2D eigenvalue weighted by Crippen LogP contribution is 2.38. The topological polar surface area (TPSA) is 60.2 Å². The summed E-state index contributed by atoms with van der Waals surface area (Å²) in [5.74, 6) is 0.182. The van der Waals surface area contributed by atoms with Crippen molar-refractivity contribution in [2.45, 2.75) is 29.0 Å². The van der Waals surface area contributed by atoms with Crippen molar-refractivity contribution in [3.8, 4) is 0 Å². The standard InChI is InChI=1S/C12H17NO2S2/c1-17(14,15)7-6-10(13)12-8-9-4-2-3-5-11(9)16-12/h2-5,10,12H,6-8,13H2,1H3. The first-order valence-electron chi connectivity index (χ1n) is 5.63. The zero-order valence-electron chi connectivity index (χ0n) is 9.80. The Morgan fingerprint density at radius 3 is 2.82 bits per heavy atom. The van der Waals surface area contributed by atoms with E-state index in [1.54, 1.807) is 11.8 Å². The van der Waals surface area contributed by atoms with Crippen molar-refractivity contribution < 1.29 is 8.42 Å². The molecule has 2 atom stereocenters. The number of benzene rings is 1. The smallest absolute Gasteiger partial charge is 0.147 e. The molecule has 2 rings (SSSR count). The summed E-state index contributed by atoms with van der Waals surface area (Å²) in [7, 11) is -2.91. The van der Waals surface area contributed by atoms with Gasteiger partial charge in [0.1, 0.15) is 9.84 Å². The Morgan fingerprint density at radius 1 is 1.47 bits per heavy atom. The lowest BCUT2D eigenvalue weighted by Gasteiger charge is -2.17. The molecule has 3 nitrogen and oxygen atoms in total. The molecule has 0 saturated carbocycles. The Morgan fingerprint density at radius 2 is 2.18 bits per heavy atom. The van der Waals surface area contributed by atoms with Crippen LogP contribution < -0.4 is 5.73 Å². The third-order valence-electron chi connectivity index (χ3n) is 2.97. The molecule has 2 unspecified atom stereocenters. The molecule has 0 aliphatic carbocycles. The maximum Gasteiger partial charge on any atom is 0.147 e. The molecule has 1 aliphatic rings. The maximum atomic E-state index is 11.1. The number of hydrogen-bond donors (Lipinski definition) is 1. The van der Waals surface area contributed by atoms with E-state index < -0.39 is 9.84 Å². The van der Waals surface area contributed by atoms with Gasteiger partial charge < -0.3 is 5.73 Å². The second-order valence-corrected chi connectivity index (χ2v) is 8.09. The van der Waals surface area contributed by atoms with Gasteiger partial charge in [-0.05, 0) is 24.5 Å². The Bertz CT molecular complexity index is 474. The second-order valence-electron chi connectivity index (χ2n) is 4.55. The molecular weight excluding hydrogens is 254 g/mol. The summed E-state index contributed by atoms with van der Waals surface area (Å²) in [4.78, 5) is 1.28. The Labute approximate surface area is 107 Å². The number of rotatable bonds is 4. The first-order chi connectivity index (χ1) is 7.96. The Kier molecular flexibility index (Phi) is 3.80. The fourth-order valence-corrected chi connectivity index (χ4v) is 4.04. The van der Waals surface area contributed by atoms with E-state index in [2.05, 4.69) is 12.1 Å². The summed E-state index contributed by atoms with van der Waals surface area (Å²) in [5, 5.41) is 0.314. The average molecular weight is 271 g/mol. The summed E-state index contributed by atoms with van der Waals surface area (Å²) < 4.78 is 22.2. The normalized spacial score (nSPS) is 21.2. The molecule has 0 amide bonds. The van der Waals surface area contributed by atoms with Gasteiger partial charge in [-0.2, -0.15) is 0 Å². The van der Waals surface area contributed by atoms with E-state index >= 15 is 0 Å². The van der Waals surface area contributed by atoms with Crippen LogP contribution >= 0.6 is 11.8 Å². The van der Waals surface area contributed by atoms with E-state index in [1.807, 2.05) is 12.1 Å². The molecule has 94 valence electrons.